The molecule has 9 nitrogen and oxygen atoms in total. The quantitative estimate of drug-likeness (QED) is 0.477. The van der Waals surface area contributed by atoms with Gasteiger partial charge in [0.1, 0.15) is 17.3 Å². The molecule has 35 heavy (non-hydrogen) atoms. The van der Waals surface area contributed by atoms with Crippen LogP contribution < -0.4 is 5.32 Å². The zero-order valence-electron chi connectivity index (χ0n) is 19.0. The second-order valence-electron chi connectivity index (χ2n) is 8.16. The fourth-order valence-electron chi connectivity index (χ4n) is 4.37. The van der Waals surface area contributed by atoms with Crippen LogP contribution in [0.15, 0.2) is 41.1 Å². The van der Waals surface area contributed by atoms with Gasteiger partial charge in [-0.25, -0.2) is 18.6 Å². The summed E-state index contributed by atoms with van der Waals surface area (Å²) in [7, 11) is 2.68. The number of nitrogens with zero attached hydrogens (tertiary/aromatic N) is 3. The number of carbonyl (C=O) groups excluding carboxylic acids is 2. The first-order valence-electron chi connectivity index (χ1n) is 10.9. The summed E-state index contributed by atoms with van der Waals surface area (Å²) in [5, 5.41) is 3.13. The van der Waals surface area contributed by atoms with Crippen LogP contribution in [-0.2, 0) is 15.9 Å². The van der Waals surface area contributed by atoms with E-state index in [4.69, 9.17) is 13.9 Å². The molecule has 0 radical (unpaired) electrons. The van der Waals surface area contributed by atoms with E-state index in [1.807, 2.05) is 0 Å². The van der Waals surface area contributed by atoms with Crippen molar-refractivity contribution in [2.75, 3.05) is 33.9 Å². The maximum Gasteiger partial charge on any atom is 0.409 e. The lowest BCUT2D eigenvalue weighted by Gasteiger charge is -2.32. The predicted molar refractivity (Wildman–Crippen MR) is 121 cm³/mol. The number of benzene rings is 1. The highest BCUT2D eigenvalue weighted by Crippen LogP contribution is 2.33. The molecule has 1 aliphatic rings. The Bertz CT molecular complexity index is 1420. The number of pyridine rings is 1. The number of nitrogens with one attached hydrogen (secondary N) is 1. The SMILES string of the molecule is CNC(=O)c1cc(F)c(-c2nc3cc4ccoc4cn3c2C[C@H]2CN(C(=O)OC)CCO2)c(F)c1. The number of rotatable bonds is 4. The van der Waals surface area contributed by atoms with E-state index in [9.17, 15) is 9.59 Å². The summed E-state index contributed by atoms with van der Waals surface area (Å²) in [4.78, 5) is 30.0. The third-order valence-corrected chi connectivity index (χ3v) is 6.06. The lowest BCUT2D eigenvalue weighted by atomic mass is 10.0. The summed E-state index contributed by atoms with van der Waals surface area (Å²) in [6, 6.07) is 5.48. The summed E-state index contributed by atoms with van der Waals surface area (Å²) >= 11 is 0. The molecule has 4 heterocycles. The molecule has 1 aliphatic heterocycles. The normalized spacial score (nSPS) is 16.1. The summed E-state index contributed by atoms with van der Waals surface area (Å²) in [6.07, 6.45) is 2.50. The topological polar surface area (TPSA) is 98.3 Å². The van der Waals surface area contributed by atoms with Crippen molar-refractivity contribution in [3.05, 3.63) is 59.6 Å². The molecule has 11 heteroatoms. The zero-order chi connectivity index (χ0) is 24.7. The minimum atomic E-state index is -0.919. The van der Waals surface area contributed by atoms with E-state index in [0.29, 0.717) is 23.5 Å². The van der Waals surface area contributed by atoms with Gasteiger partial charge in [-0.15, -0.1) is 0 Å². The number of furan rings is 1. The molecule has 1 N–H and O–H groups in total. The van der Waals surface area contributed by atoms with Crippen molar-refractivity contribution >= 4 is 28.6 Å². The first-order valence-corrected chi connectivity index (χ1v) is 10.9. The van der Waals surface area contributed by atoms with Gasteiger partial charge in [0, 0.05) is 31.0 Å². The first kappa shape index (κ1) is 22.8. The van der Waals surface area contributed by atoms with E-state index in [0.717, 1.165) is 17.5 Å². The van der Waals surface area contributed by atoms with Crippen LogP contribution >= 0.6 is 0 Å². The summed E-state index contributed by atoms with van der Waals surface area (Å²) in [6.45, 7) is 0.904. The molecule has 2 amide bonds. The number of hydrogen-bond donors (Lipinski definition) is 1. The van der Waals surface area contributed by atoms with Gasteiger partial charge in [-0.1, -0.05) is 0 Å². The molecule has 0 unspecified atom stereocenters. The summed E-state index contributed by atoms with van der Waals surface area (Å²) < 4.78 is 48.3. The van der Waals surface area contributed by atoms with Crippen LogP contribution in [0.5, 0.6) is 0 Å². The van der Waals surface area contributed by atoms with Crippen molar-refractivity contribution < 1.29 is 32.3 Å². The van der Waals surface area contributed by atoms with Crippen molar-refractivity contribution in [2.45, 2.75) is 12.5 Å². The van der Waals surface area contributed by atoms with Gasteiger partial charge in [0.2, 0.25) is 0 Å². The minimum absolute atomic E-state index is 0.0786. The monoisotopic (exact) mass is 484 g/mol. The molecule has 5 rings (SSSR count). The van der Waals surface area contributed by atoms with Crippen molar-refractivity contribution in [1.82, 2.24) is 19.6 Å². The second kappa shape index (κ2) is 8.99. The van der Waals surface area contributed by atoms with Crippen molar-refractivity contribution in [2.24, 2.45) is 0 Å². The predicted octanol–water partition coefficient (Wildman–Crippen LogP) is 3.40. The molecule has 1 atom stereocenters. The molecule has 4 aromatic rings. The number of aromatic nitrogens is 2. The number of morpholine rings is 1. The Morgan fingerprint density at radius 1 is 1.26 bits per heavy atom. The van der Waals surface area contributed by atoms with Gasteiger partial charge in [0.05, 0.1) is 55.8 Å². The maximum absolute atomic E-state index is 15.2. The third-order valence-electron chi connectivity index (χ3n) is 6.06. The molecule has 1 fully saturated rings. The lowest BCUT2D eigenvalue weighted by Crippen LogP contribution is -2.46. The maximum atomic E-state index is 15.2. The molecule has 0 aliphatic carbocycles. The van der Waals surface area contributed by atoms with Crippen LogP contribution in [0.2, 0.25) is 0 Å². The van der Waals surface area contributed by atoms with E-state index >= 15 is 8.78 Å². The third kappa shape index (κ3) is 4.08. The number of halogens is 2. The zero-order valence-corrected chi connectivity index (χ0v) is 19.0. The fraction of sp³-hybridized carbons (Fsp3) is 0.292. The lowest BCUT2D eigenvalue weighted by molar-refractivity contribution is -0.0241. The Morgan fingerprint density at radius 3 is 2.74 bits per heavy atom. The number of carbonyl (C=O) groups is 2. The number of methoxy groups -OCH3 is 1. The summed E-state index contributed by atoms with van der Waals surface area (Å²) in [5.74, 6) is -2.45. The van der Waals surface area contributed by atoms with Gasteiger partial charge < -0.3 is 24.1 Å². The van der Waals surface area contributed by atoms with E-state index in [-0.39, 0.29) is 36.4 Å². The molecule has 1 saturated heterocycles. The smallest absolute Gasteiger partial charge is 0.409 e. The molecule has 182 valence electrons. The number of fused-ring (bicyclic) bond motifs is 2. The minimum Gasteiger partial charge on any atom is -0.463 e. The number of amides is 2. The average Bonchev–Trinajstić information content (AvgIpc) is 3.45. The Morgan fingerprint density at radius 2 is 2.03 bits per heavy atom. The van der Waals surface area contributed by atoms with Gasteiger partial charge >= 0.3 is 6.09 Å². The number of imidazole rings is 1. The highest BCUT2D eigenvalue weighted by atomic mass is 19.1. The van der Waals surface area contributed by atoms with Gasteiger partial charge in [-0.2, -0.15) is 0 Å². The van der Waals surface area contributed by atoms with Gasteiger partial charge in [-0.3, -0.25) is 9.20 Å². The standard InChI is InChI=1S/C24H22F2N4O5/c1-27-23(31)14-7-16(25)21(17(26)8-14)22-18(10-15-11-29(4-6-34-15)24(32)33-2)30-12-19-13(3-5-35-19)9-20(30)28-22/h3,5,7-9,12,15H,4,6,10-11H2,1-2H3,(H,27,31)/t15-/m0/s1. The molecule has 0 spiro atoms. The number of hydrogen-bond acceptors (Lipinski definition) is 6. The second-order valence-corrected chi connectivity index (χ2v) is 8.16. The number of ether oxygens (including phenoxy) is 2. The van der Waals surface area contributed by atoms with Crippen LogP contribution in [0, 0.1) is 11.6 Å². The Labute approximate surface area is 198 Å². The highest BCUT2D eigenvalue weighted by molar-refractivity contribution is 5.94. The highest BCUT2D eigenvalue weighted by Gasteiger charge is 2.29. The van der Waals surface area contributed by atoms with Gasteiger partial charge in [-0.05, 0) is 24.3 Å². The van der Waals surface area contributed by atoms with Crippen LogP contribution in [-0.4, -0.2) is 66.2 Å². The first-order chi connectivity index (χ1) is 16.9. The molecular weight excluding hydrogens is 462 g/mol. The largest absolute Gasteiger partial charge is 0.463 e. The summed E-state index contributed by atoms with van der Waals surface area (Å²) in [5.41, 5.74) is 1.08. The van der Waals surface area contributed by atoms with Crippen LogP contribution in [0.25, 0.3) is 27.9 Å². The fourth-order valence-corrected chi connectivity index (χ4v) is 4.37. The van der Waals surface area contributed by atoms with E-state index in [1.54, 1.807) is 29.0 Å². The van der Waals surface area contributed by atoms with E-state index in [2.05, 4.69) is 10.3 Å². The van der Waals surface area contributed by atoms with E-state index < -0.39 is 29.7 Å². The molecule has 1 aromatic carbocycles. The van der Waals surface area contributed by atoms with Crippen molar-refractivity contribution in [3.63, 3.8) is 0 Å². The molecule has 0 bridgehead atoms. The Hall–Kier alpha value is -3.99. The average molecular weight is 484 g/mol. The van der Waals surface area contributed by atoms with Crippen LogP contribution in [0.3, 0.4) is 0 Å². The van der Waals surface area contributed by atoms with E-state index in [1.165, 1.54) is 19.1 Å². The van der Waals surface area contributed by atoms with Crippen molar-refractivity contribution in [3.8, 4) is 11.3 Å². The molecule has 0 saturated carbocycles. The molecule has 3 aromatic heterocycles. The van der Waals surface area contributed by atoms with Crippen LogP contribution in [0.1, 0.15) is 16.1 Å². The molecular formula is C24H22F2N4O5. The van der Waals surface area contributed by atoms with Gasteiger partial charge in [0.25, 0.3) is 5.91 Å². The van der Waals surface area contributed by atoms with Gasteiger partial charge in [0.15, 0.2) is 5.58 Å². The van der Waals surface area contributed by atoms with Crippen LogP contribution in [0.4, 0.5) is 13.6 Å². The Kier molecular flexibility index (Phi) is 5.85. The van der Waals surface area contributed by atoms with Crippen molar-refractivity contribution in [1.29, 1.82) is 0 Å². The Balaban J connectivity index is 1.63.